The van der Waals surface area contributed by atoms with Crippen molar-refractivity contribution in [3.05, 3.63) is 29.3 Å². The van der Waals surface area contributed by atoms with Crippen LogP contribution in [0.4, 0.5) is 0 Å². The molecule has 18 heavy (non-hydrogen) atoms. The predicted molar refractivity (Wildman–Crippen MR) is 68.7 cm³/mol. The van der Waals surface area contributed by atoms with E-state index in [1.54, 1.807) is 0 Å². The zero-order chi connectivity index (χ0) is 13.3. The molecule has 0 saturated carbocycles. The Balaban J connectivity index is 2.11. The summed E-state index contributed by atoms with van der Waals surface area (Å²) in [5.41, 5.74) is 7.98. The fraction of sp³-hybridized carbons (Fsp3) is 0.500. The standard InChI is InChI=1S/C14H19NO3/c1-14(2)8-10-7-9(3-5-12(10)18-14)11(15)4-6-13(16)17/h3,5,7,11H,4,6,8,15H2,1-2H3,(H,16,17). The highest BCUT2D eigenvalue weighted by molar-refractivity contribution is 5.66. The van der Waals surface area contributed by atoms with E-state index in [2.05, 4.69) is 13.8 Å². The van der Waals surface area contributed by atoms with Crippen LogP contribution in [-0.2, 0) is 11.2 Å². The van der Waals surface area contributed by atoms with Crippen molar-refractivity contribution in [1.82, 2.24) is 0 Å². The molecule has 98 valence electrons. The molecule has 1 aromatic rings. The van der Waals surface area contributed by atoms with E-state index in [1.165, 1.54) is 0 Å². The number of carbonyl (C=O) groups is 1. The molecule has 1 atom stereocenters. The molecule has 4 heteroatoms. The van der Waals surface area contributed by atoms with Gasteiger partial charge in [-0.05, 0) is 37.5 Å². The van der Waals surface area contributed by atoms with E-state index in [-0.39, 0.29) is 18.1 Å². The fourth-order valence-corrected chi connectivity index (χ4v) is 2.31. The summed E-state index contributed by atoms with van der Waals surface area (Å²) in [5, 5.41) is 8.66. The van der Waals surface area contributed by atoms with Gasteiger partial charge in [-0.1, -0.05) is 12.1 Å². The van der Waals surface area contributed by atoms with Crippen LogP contribution in [0.5, 0.6) is 5.75 Å². The van der Waals surface area contributed by atoms with Crippen molar-refractivity contribution < 1.29 is 14.6 Å². The van der Waals surface area contributed by atoms with Gasteiger partial charge < -0.3 is 15.6 Å². The lowest BCUT2D eigenvalue weighted by atomic mass is 9.96. The van der Waals surface area contributed by atoms with Gasteiger partial charge in [0.2, 0.25) is 0 Å². The highest BCUT2D eigenvalue weighted by Gasteiger charge is 2.30. The lowest BCUT2D eigenvalue weighted by molar-refractivity contribution is -0.137. The molecule has 0 aromatic heterocycles. The summed E-state index contributed by atoms with van der Waals surface area (Å²) >= 11 is 0. The van der Waals surface area contributed by atoms with Gasteiger partial charge in [0.1, 0.15) is 11.4 Å². The minimum Gasteiger partial charge on any atom is -0.487 e. The summed E-state index contributed by atoms with van der Waals surface area (Å²) in [6.45, 7) is 4.11. The minimum absolute atomic E-state index is 0.0975. The second-order valence-electron chi connectivity index (χ2n) is 5.44. The number of hydrogen-bond donors (Lipinski definition) is 2. The number of fused-ring (bicyclic) bond motifs is 1. The van der Waals surface area contributed by atoms with Crippen LogP contribution in [0.15, 0.2) is 18.2 Å². The van der Waals surface area contributed by atoms with Crippen LogP contribution in [0.2, 0.25) is 0 Å². The van der Waals surface area contributed by atoms with Crippen molar-refractivity contribution in [2.24, 2.45) is 5.73 Å². The highest BCUT2D eigenvalue weighted by atomic mass is 16.5. The Bertz CT molecular complexity index is 468. The summed E-state index contributed by atoms with van der Waals surface area (Å²) in [6, 6.07) is 5.67. The van der Waals surface area contributed by atoms with Crippen LogP contribution >= 0.6 is 0 Å². The number of ether oxygens (including phenoxy) is 1. The van der Waals surface area contributed by atoms with Crippen molar-refractivity contribution in [1.29, 1.82) is 0 Å². The molecule has 0 radical (unpaired) electrons. The zero-order valence-electron chi connectivity index (χ0n) is 10.8. The summed E-state index contributed by atoms with van der Waals surface area (Å²) < 4.78 is 5.79. The van der Waals surface area contributed by atoms with E-state index in [1.807, 2.05) is 18.2 Å². The SMILES string of the molecule is CC1(C)Cc2cc(C(N)CCC(=O)O)ccc2O1. The number of carboxylic acids is 1. The largest absolute Gasteiger partial charge is 0.487 e. The van der Waals surface area contributed by atoms with Crippen molar-refractivity contribution in [3.8, 4) is 5.75 Å². The van der Waals surface area contributed by atoms with E-state index >= 15 is 0 Å². The van der Waals surface area contributed by atoms with E-state index in [4.69, 9.17) is 15.6 Å². The van der Waals surface area contributed by atoms with Gasteiger partial charge in [0, 0.05) is 18.9 Å². The van der Waals surface area contributed by atoms with Gasteiger partial charge in [-0.25, -0.2) is 0 Å². The molecule has 0 spiro atoms. The Morgan fingerprint density at radius 3 is 2.94 bits per heavy atom. The Kier molecular flexibility index (Phi) is 3.30. The number of hydrogen-bond acceptors (Lipinski definition) is 3. The van der Waals surface area contributed by atoms with Gasteiger partial charge >= 0.3 is 5.97 Å². The number of rotatable bonds is 4. The monoisotopic (exact) mass is 249 g/mol. The van der Waals surface area contributed by atoms with Gasteiger partial charge in [-0.15, -0.1) is 0 Å². The van der Waals surface area contributed by atoms with Crippen LogP contribution in [0.3, 0.4) is 0 Å². The summed E-state index contributed by atoms with van der Waals surface area (Å²) in [7, 11) is 0. The molecule has 1 heterocycles. The lowest BCUT2D eigenvalue weighted by Crippen LogP contribution is -2.24. The Labute approximate surface area is 107 Å². The molecule has 4 nitrogen and oxygen atoms in total. The molecular formula is C14H19NO3. The van der Waals surface area contributed by atoms with Crippen LogP contribution < -0.4 is 10.5 Å². The summed E-state index contributed by atoms with van der Waals surface area (Å²) in [6.07, 6.45) is 1.42. The van der Waals surface area contributed by atoms with E-state index in [0.29, 0.717) is 6.42 Å². The summed E-state index contributed by atoms with van der Waals surface area (Å²) in [5.74, 6) is 0.102. The van der Waals surface area contributed by atoms with Crippen molar-refractivity contribution in [3.63, 3.8) is 0 Å². The van der Waals surface area contributed by atoms with Crippen LogP contribution in [-0.4, -0.2) is 16.7 Å². The maximum Gasteiger partial charge on any atom is 0.303 e. The molecule has 0 bridgehead atoms. The first-order valence-electron chi connectivity index (χ1n) is 6.16. The van der Waals surface area contributed by atoms with Crippen molar-refractivity contribution >= 4 is 5.97 Å². The van der Waals surface area contributed by atoms with Gasteiger partial charge in [-0.3, -0.25) is 4.79 Å². The van der Waals surface area contributed by atoms with Crippen LogP contribution in [0, 0.1) is 0 Å². The average Bonchev–Trinajstić information content (AvgIpc) is 2.58. The topological polar surface area (TPSA) is 72.6 Å². The van der Waals surface area contributed by atoms with Gasteiger partial charge in [-0.2, -0.15) is 0 Å². The zero-order valence-corrected chi connectivity index (χ0v) is 10.8. The van der Waals surface area contributed by atoms with E-state index in [0.717, 1.165) is 23.3 Å². The molecule has 2 rings (SSSR count). The fourth-order valence-electron chi connectivity index (χ4n) is 2.31. The molecular weight excluding hydrogens is 230 g/mol. The minimum atomic E-state index is -0.809. The molecule has 0 saturated heterocycles. The molecule has 0 amide bonds. The average molecular weight is 249 g/mol. The van der Waals surface area contributed by atoms with Crippen LogP contribution in [0.1, 0.15) is 43.9 Å². The molecule has 3 N–H and O–H groups in total. The van der Waals surface area contributed by atoms with Gasteiger partial charge in [0.05, 0.1) is 0 Å². The lowest BCUT2D eigenvalue weighted by Gasteiger charge is -2.16. The first-order valence-corrected chi connectivity index (χ1v) is 6.16. The first kappa shape index (κ1) is 12.9. The van der Waals surface area contributed by atoms with E-state index in [9.17, 15) is 4.79 Å². The number of carboxylic acid groups (broad SMARTS) is 1. The Morgan fingerprint density at radius 2 is 2.28 bits per heavy atom. The third-order valence-corrected chi connectivity index (χ3v) is 3.18. The van der Waals surface area contributed by atoms with Crippen molar-refractivity contribution in [2.75, 3.05) is 0 Å². The maximum atomic E-state index is 10.5. The second kappa shape index (κ2) is 4.61. The molecule has 0 aliphatic carbocycles. The van der Waals surface area contributed by atoms with Gasteiger partial charge in [0.25, 0.3) is 0 Å². The third kappa shape index (κ3) is 2.82. The molecule has 1 aliphatic heterocycles. The number of aliphatic carboxylic acids is 1. The van der Waals surface area contributed by atoms with Crippen LogP contribution in [0.25, 0.3) is 0 Å². The molecule has 1 aliphatic rings. The smallest absolute Gasteiger partial charge is 0.303 e. The Morgan fingerprint density at radius 1 is 1.56 bits per heavy atom. The normalized spacial score (nSPS) is 17.9. The number of nitrogens with two attached hydrogens (primary N) is 1. The molecule has 0 fully saturated rings. The first-order chi connectivity index (χ1) is 8.37. The summed E-state index contributed by atoms with van der Waals surface area (Å²) in [4.78, 5) is 10.5. The third-order valence-electron chi connectivity index (χ3n) is 3.18. The number of benzene rings is 1. The Hall–Kier alpha value is -1.55. The van der Waals surface area contributed by atoms with Gasteiger partial charge in [0.15, 0.2) is 0 Å². The highest BCUT2D eigenvalue weighted by Crippen LogP contribution is 2.36. The molecule has 1 aromatic carbocycles. The van der Waals surface area contributed by atoms with Crippen molar-refractivity contribution in [2.45, 2.75) is 44.8 Å². The predicted octanol–water partition coefficient (Wildman–Crippen LogP) is 2.26. The van der Waals surface area contributed by atoms with E-state index < -0.39 is 5.97 Å². The quantitative estimate of drug-likeness (QED) is 0.858. The molecule has 1 unspecified atom stereocenters. The maximum absolute atomic E-state index is 10.5. The second-order valence-corrected chi connectivity index (χ2v) is 5.44.